The van der Waals surface area contributed by atoms with Crippen molar-refractivity contribution in [3.8, 4) is 11.1 Å². The number of methoxy groups -OCH3 is 1. The quantitative estimate of drug-likeness (QED) is 0.425. The second-order valence-electron chi connectivity index (χ2n) is 10.9. The van der Waals surface area contributed by atoms with Gasteiger partial charge in [-0.3, -0.25) is 0 Å². The molecule has 212 valence electrons. The molecule has 2 aromatic rings. The topological polar surface area (TPSA) is 87.7 Å². The van der Waals surface area contributed by atoms with Crippen LogP contribution in [0.1, 0.15) is 31.2 Å². The van der Waals surface area contributed by atoms with E-state index in [-0.39, 0.29) is 48.6 Å². The summed E-state index contributed by atoms with van der Waals surface area (Å²) < 4.78 is 91.1. The SMILES string of the molecule is COCCS(=O)(=O)N[C@@H]1[C@H](Cc2cccc(-c3cc(F)cc(F)c3)c2F)N(C(=O)NCC2(F)CC2)CC12CC2. The number of carbonyl (C=O) groups excluding carboxylic acids is 1. The highest BCUT2D eigenvalue weighted by molar-refractivity contribution is 7.89. The van der Waals surface area contributed by atoms with Crippen LogP contribution < -0.4 is 10.0 Å². The molecule has 1 spiro atoms. The number of rotatable bonds is 10. The summed E-state index contributed by atoms with van der Waals surface area (Å²) in [4.78, 5) is 14.7. The first kappa shape index (κ1) is 27.9. The average molecular weight is 570 g/mol. The van der Waals surface area contributed by atoms with E-state index in [9.17, 15) is 26.4 Å². The minimum absolute atomic E-state index is 0.0148. The van der Waals surface area contributed by atoms with Crippen molar-refractivity contribution in [1.82, 2.24) is 14.9 Å². The highest BCUT2D eigenvalue weighted by atomic mass is 32.2. The Morgan fingerprint density at radius 3 is 2.41 bits per heavy atom. The lowest BCUT2D eigenvalue weighted by Crippen LogP contribution is -2.52. The number of halogens is 4. The smallest absolute Gasteiger partial charge is 0.317 e. The van der Waals surface area contributed by atoms with Crippen LogP contribution in [-0.4, -0.2) is 69.7 Å². The Hall–Kier alpha value is -2.70. The molecule has 1 heterocycles. The van der Waals surface area contributed by atoms with Gasteiger partial charge in [0.05, 0.1) is 24.9 Å². The van der Waals surface area contributed by atoms with Gasteiger partial charge in [0.2, 0.25) is 10.0 Å². The summed E-state index contributed by atoms with van der Waals surface area (Å²) in [5, 5.41) is 2.63. The number of benzene rings is 2. The number of likely N-dealkylation sites (tertiary alicyclic amines) is 1. The first-order valence-corrected chi connectivity index (χ1v) is 14.6. The number of urea groups is 1. The lowest BCUT2D eigenvalue weighted by molar-refractivity contribution is 0.182. The molecule has 3 aliphatic rings. The van der Waals surface area contributed by atoms with Gasteiger partial charge < -0.3 is 15.0 Å². The first-order chi connectivity index (χ1) is 18.4. The van der Waals surface area contributed by atoms with Gasteiger partial charge in [0.1, 0.15) is 23.1 Å². The molecule has 12 heteroatoms. The standard InChI is InChI=1S/C27H31F4N3O4S/c1-38-9-10-39(36,37)33-24-22(34(16-26(24)5-6-26)25(35)32-15-27(31)7-8-27)13-17-3-2-4-21(23(17)30)18-11-19(28)14-20(29)12-18/h2-4,11-12,14,22,24,33H,5-10,13,15-16H2,1H3,(H,32,35)/t22-,24+/m0/s1. The van der Waals surface area contributed by atoms with E-state index in [0.29, 0.717) is 31.7 Å². The van der Waals surface area contributed by atoms with Crippen LogP contribution in [-0.2, 0) is 21.2 Å². The molecule has 3 fully saturated rings. The number of amides is 2. The van der Waals surface area contributed by atoms with E-state index in [0.717, 1.165) is 12.1 Å². The maximum Gasteiger partial charge on any atom is 0.317 e. The predicted octanol–water partition coefficient (Wildman–Crippen LogP) is 3.92. The molecule has 0 aromatic heterocycles. The molecule has 2 saturated carbocycles. The average Bonchev–Trinajstić information content (AvgIpc) is 3.79. The Morgan fingerprint density at radius 2 is 1.79 bits per heavy atom. The number of sulfonamides is 1. The third kappa shape index (κ3) is 6.07. The Morgan fingerprint density at radius 1 is 1.10 bits per heavy atom. The summed E-state index contributed by atoms with van der Waals surface area (Å²) in [6, 6.07) is 5.15. The summed E-state index contributed by atoms with van der Waals surface area (Å²) >= 11 is 0. The Labute approximate surface area is 225 Å². The van der Waals surface area contributed by atoms with Gasteiger partial charge in [-0.05, 0) is 55.4 Å². The highest BCUT2D eigenvalue weighted by Gasteiger charge is 2.61. The van der Waals surface area contributed by atoms with Crippen molar-refractivity contribution in [2.24, 2.45) is 5.41 Å². The number of ether oxygens (including phenoxy) is 1. The molecule has 1 aliphatic heterocycles. The summed E-state index contributed by atoms with van der Waals surface area (Å²) in [7, 11) is -2.41. The zero-order valence-corrected chi connectivity index (χ0v) is 22.3. The van der Waals surface area contributed by atoms with Crippen molar-refractivity contribution in [1.29, 1.82) is 0 Å². The molecule has 1 saturated heterocycles. The third-order valence-electron chi connectivity index (χ3n) is 7.98. The number of hydrogen-bond acceptors (Lipinski definition) is 4. The molecule has 0 radical (unpaired) electrons. The van der Waals surface area contributed by atoms with E-state index >= 15 is 4.39 Å². The maximum atomic E-state index is 15.8. The molecule has 2 aromatic carbocycles. The first-order valence-electron chi connectivity index (χ1n) is 12.9. The van der Waals surface area contributed by atoms with Crippen molar-refractivity contribution in [3.63, 3.8) is 0 Å². The number of nitrogens with one attached hydrogen (secondary N) is 2. The summed E-state index contributed by atoms with van der Waals surface area (Å²) in [6.07, 6.45) is 2.00. The summed E-state index contributed by atoms with van der Waals surface area (Å²) in [5.74, 6) is -2.71. The van der Waals surface area contributed by atoms with E-state index < -0.39 is 56.7 Å². The number of nitrogens with zero attached hydrogens (tertiary/aromatic N) is 1. The molecule has 2 amide bonds. The highest BCUT2D eigenvalue weighted by Crippen LogP contribution is 2.55. The molecular weight excluding hydrogens is 538 g/mol. The van der Waals surface area contributed by atoms with Crippen LogP contribution in [0, 0.1) is 22.9 Å². The molecule has 0 unspecified atom stereocenters. The predicted molar refractivity (Wildman–Crippen MR) is 137 cm³/mol. The maximum absolute atomic E-state index is 15.8. The molecule has 2 atom stereocenters. The van der Waals surface area contributed by atoms with Crippen LogP contribution in [0.5, 0.6) is 0 Å². The van der Waals surface area contributed by atoms with Crippen LogP contribution >= 0.6 is 0 Å². The van der Waals surface area contributed by atoms with Crippen LogP contribution in [0.4, 0.5) is 22.4 Å². The number of carbonyl (C=O) groups is 1. The zero-order chi connectivity index (χ0) is 28.0. The van der Waals surface area contributed by atoms with Gasteiger partial charge in [-0.25, -0.2) is 35.5 Å². The molecule has 2 N–H and O–H groups in total. The fourth-order valence-corrected chi connectivity index (χ4v) is 6.71. The normalized spacial score (nSPS) is 22.7. The Balaban J connectivity index is 1.47. The van der Waals surface area contributed by atoms with E-state index in [1.165, 1.54) is 24.1 Å². The second kappa shape index (κ2) is 10.4. The van der Waals surface area contributed by atoms with Gasteiger partial charge in [-0.15, -0.1) is 0 Å². The summed E-state index contributed by atoms with van der Waals surface area (Å²) in [5.41, 5.74) is -1.80. The van der Waals surface area contributed by atoms with Crippen molar-refractivity contribution in [2.45, 2.75) is 49.9 Å². The molecule has 39 heavy (non-hydrogen) atoms. The van der Waals surface area contributed by atoms with E-state index in [2.05, 4.69) is 10.0 Å². The van der Waals surface area contributed by atoms with Crippen LogP contribution in [0.2, 0.25) is 0 Å². The second-order valence-corrected chi connectivity index (χ2v) is 12.8. The molecule has 0 bridgehead atoms. The van der Waals surface area contributed by atoms with Gasteiger partial charge in [0.25, 0.3) is 0 Å². The fourth-order valence-electron chi connectivity index (χ4n) is 5.42. The van der Waals surface area contributed by atoms with Gasteiger partial charge in [-0.2, -0.15) is 0 Å². The van der Waals surface area contributed by atoms with Crippen molar-refractivity contribution < 1.29 is 35.5 Å². The van der Waals surface area contributed by atoms with Gasteiger partial charge in [-0.1, -0.05) is 18.2 Å². The van der Waals surface area contributed by atoms with E-state index in [4.69, 9.17) is 4.74 Å². The van der Waals surface area contributed by atoms with Crippen LogP contribution in [0.15, 0.2) is 36.4 Å². The number of alkyl halides is 1. The van der Waals surface area contributed by atoms with Gasteiger partial charge >= 0.3 is 6.03 Å². The number of hydrogen-bond donors (Lipinski definition) is 2. The molecular formula is C27H31F4N3O4S. The van der Waals surface area contributed by atoms with Crippen molar-refractivity contribution in [3.05, 3.63) is 59.4 Å². The molecule has 5 rings (SSSR count). The molecule has 7 nitrogen and oxygen atoms in total. The monoisotopic (exact) mass is 569 g/mol. The zero-order valence-electron chi connectivity index (χ0n) is 21.5. The van der Waals surface area contributed by atoms with E-state index in [1.54, 1.807) is 6.07 Å². The fraction of sp³-hybridized carbons (Fsp3) is 0.519. The Bertz CT molecular complexity index is 1340. The van der Waals surface area contributed by atoms with E-state index in [1.807, 2.05) is 0 Å². The largest absolute Gasteiger partial charge is 0.384 e. The Kier molecular flexibility index (Phi) is 7.40. The van der Waals surface area contributed by atoms with Gasteiger partial charge in [0, 0.05) is 36.7 Å². The van der Waals surface area contributed by atoms with Crippen LogP contribution in [0.3, 0.4) is 0 Å². The van der Waals surface area contributed by atoms with Gasteiger partial charge in [0.15, 0.2) is 0 Å². The minimum Gasteiger partial charge on any atom is -0.384 e. The lowest BCUT2D eigenvalue weighted by Gasteiger charge is -2.30. The van der Waals surface area contributed by atoms with Crippen LogP contribution in [0.25, 0.3) is 11.1 Å². The summed E-state index contributed by atoms with van der Waals surface area (Å²) in [6.45, 7) is 0.0569. The third-order valence-corrected chi connectivity index (χ3v) is 9.29. The van der Waals surface area contributed by atoms with Crippen molar-refractivity contribution in [2.75, 3.05) is 32.6 Å². The lowest BCUT2D eigenvalue weighted by atomic mass is 9.91. The molecule has 2 aliphatic carbocycles. The minimum atomic E-state index is -3.80. The van der Waals surface area contributed by atoms with Crippen molar-refractivity contribution >= 4 is 16.1 Å².